The molecular weight excluding hydrogens is 231 g/mol. The maximum absolute atomic E-state index is 13.1. The molecule has 0 spiro atoms. The summed E-state index contributed by atoms with van der Waals surface area (Å²) >= 11 is 0. The maximum Gasteiger partial charge on any atom is 0.227 e. The zero-order valence-corrected chi connectivity index (χ0v) is 10.6. The van der Waals surface area contributed by atoms with Gasteiger partial charge in [-0.1, -0.05) is 6.42 Å². The number of hydrogen-bond donors (Lipinski definition) is 2. The van der Waals surface area contributed by atoms with Gasteiger partial charge in [-0.2, -0.15) is 0 Å². The minimum Gasteiger partial charge on any atom is -0.330 e. The molecule has 1 aliphatic rings. The molecule has 1 aliphatic carbocycles. The minimum atomic E-state index is -0.256. The summed E-state index contributed by atoms with van der Waals surface area (Å²) in [6.45, 7) is 2.24. The summed E-state index contributed by atoms with van der Waals surface area (Å²) in [6.07, 6.45) is 2.98. The number of aryl methyl sites for hydroxylation is 1. The highest BCUT2D eigenvalue weighted by Gasteiger charge is 2.31. The van der Waals surface area contributed by atoms with Crippen LogP contribution in [0.15, 0.2) is 18.2 Å². The van der Waals surface area contributed by atoms with Crippen molar-refractivity contribution in [2.45, 2.75) is 26.2 Å². The molecule has 2 atom stereocenters. The fourth-order valence-electron chi connectivity index (χ4n) is 2.62. The van der Waals surface area contributed by atoms with E-state index in [0.717, 1.165) is 19.3 Å². The molecule has 3 nitrogen and oxygen atoms in total. The Morgan fingerprint density at radius 1 is 1.50 bits per heavy atom. The second-order valence-electron chi connectivity index (χ2n) is 4.99. The van der Waals surface area contributed by atoms with Crippen LogP contribution in [0, 0.1) is 24.6 Å². The zero-order chi connectivity index (χ0) is 13.1. The number of amides is 1. The van der Waals surface area contributed by atoms with Gasteiger partial charge in [0.05, 0.1) is 0 Å². The average Bonchev–Trinajstić information content (AvgIpc) is 2.82. The average molecular weight is 250 g/mol. The van der Waals surface area contributed by atoms with Crippen molar-refractivity contribution in [2.24, 2.45) is 17.6 Å². The van der Waals surface area contributed by atoms with E-state index >= 15 is 0 Å². The van der Waals surface area contributed by atoms with Gasteiger partial charge in [0, 0.05) is 11.6 Å². The molecule has 0 aromatic heterocycles. The summed E-state index contributed by atoms with van der Waals surface area (Å²) in [5, 5.41) is 2.86. The summed E-state index contributed by atoms with van der Waals surface area (Å²) in [5.41, 5.74) is 6.86. The second kappa shape index (κ2) is 5.48. The Labute approximate surface area is 107 Å². The molecule has 0 saturated heterocycles. The van der Waals surface area contributed by atoms with Crippen LogP contribution in [0.25, 0.3) is 0 Å². The number of nitrogens with one attached hydrogen (secondary N) is 1. The van der Waals surface area contributed by atoms with Crippen LogP contribution in [-0.4, -0.2) is 12.5 Å². The van der Waals surface area contributed by atoms with E-state index in [1.165, 1.54) is 6.07 Å². The molecule has 0 aliphatic heterocycles. The van der Waals surface area contributed by atoms with E-state index in [9.17, 15) is 9.18 Å². The first-order valence-corrected chi connectivity index (χ1v) is 6.39. The van der Waals surface area contributed by atoms with Gasteiger partial charge in [0.1, 0.15) is 5.82 Å². The highest BCUT2D eigenvalue weighted by molar-refractivity contribution is 5.93. The van der Waals surface area contributed by atoms with Crippen LogP contribution >= 0.6 is 0 Å². The largest absolute Gasteiger partial charge is 0.330 e. The van der Waals surface area contributed by atoms with Gasteiger partial charge in [-0.15, -0.1) is 0 Å². The standard InChI is InChI=1S/C14H19FN2O/c1-9-7-11(5-6-13(9)15)17-14(18)12-4-2-3-10(12)8-16/h5-7,10,12H,2-4,8,16H2,1H3,(H,17,18)/t10-,12-/m1/s1. The summed E-state index contributed by atoms with van der Waals surface area (Å²) in [7, 11) is 0. The molecule has 0 unspecified atom stereocenters. The fourth-order valence-corrected chi connectivity index (χ4v) is 2.62. The molecule has 0 heterocycles. The third-order valence-electron chi connectivity index (χ3n) is 3.72. The number of carbonyl (C=O) groups excluding carboxylic acids is 1. The van der Waals surface area contributed by atoms with Crippen molar-refractivity contribution in [2.75, 3.05) is 11.9 Å². The lowest BCUT2D eigenvalue weighted by atomic mass is 9.95. The Morgan fingerprint density at radius 2 is 2.28 bits per heavy atom. The molecule has 3 N–H and O–H groups in total. The van der Waals surface area contributed by atoms with E-state index in [4.69, 9.17) is 5.73 Å². The summed E-state index contributed by atoms with van der Waals surface area (Å²) in [4.78, 5) is 12.1. The topological polar surface area (TPSA) is 55.1 Å². The third kappa shape index (κ3) is 2.70. The number of anilines is 1. The van der Waals surface area contributed by atoms with Crippen molar-refractivity contribution >= 4 is 11.6 Å². The van der Waals surface area contributed by atoms with Crippen molar-refractivity contribution in [1.82, 2.24) is 0 Å². The van der Waals surface area contributed by atoms with Crippen molar-refractivity contribution in [3.05, 3.63) is 29.6 Å². The molecule has 4 heteroatoms. The monoisotopic (exact) mass is 250 g/mol. The SMILES string of the molecule is Cc1cc(NC(=O)[C@@H]2CCC[C@@H]2CN)ccc1F. The Hall–Kier alpha value is -1.42. The first kappa shape index (κ1) is 13.0. The minimum absolute atomic E-state index is 0.000333. The van der Waals surface area contributed by atoms with Gasteiger partial charge in [-0.05, 0) is 56.0 Å². The van der Waals surface area contributed by atoms with Crippen molar-refractivity contribution < 1.29 is 9.18 Å². The van der Waals surface area contributed by atoms with Crippen LogP contribution in [0.3, 0.4) is 0 Å². The zero-order valence-electron chi connectivity index (χ0n) is 10.6. The lowest BCUT2D eigenvalue weighted by Gasteiger charge is -2.17. The van der Waals surface area contributed by atoms with E-state index in [2.05, 4.69) is 5.32 Å². The van der Waals surface area contributed by atoms with E-state index < -0.39 is 0 Å². The van der Waals surface area contributed by atoms with E-state index in [1.807, 2.05) is 0 Å². The molecular formula is C14H19FN2O. The van der Waals surface area contributed by atoms with Crippen LogP contribution in [0.2, 0.25) is 0 Å². The number of hydrogen-bond acceptors (Lipinski definition) is 2. The number of nitrogens with two attached hydrogens (primary N) is 1. The quantitative estimate of drug-likeness (QED) is 0.865. The molecule has 2 rings (SSSR count). The first-order valence-electron chi connectivity index (χ1n) is 6.39. The molecule has 18 heavy (non-hydrogen) atoms. The van der Waals surface area contributed by atoms with Crippen molar-refractivity contribution in [1.29, 1.82) is 0 Å². The normalized spacial score (nSPS) is 23.1. The Balaban J connectivity index is 2.04. The number of halogens is 1. The van der Waals surface area contributed by atoms with Crippen molar-refractivity contribution in [3.8, 4) is 0 Å². The van der Waals surface area contributed by atoms with Gasteiger partial charge in [-0.3, -0.25) is 4.79 Å². The Kier molecular flexibility index (Phi) is 3.97. The van der Waals surface area contributed by atoms with Gasteiger partial charge in [0.15, 0.2) is 0 Å². The molecule has 1 saturated carbocycles. The van der Waals surface area contributed by atoms with Crippen LogP contribution in [0.4, 0.5) is 10.1 Å². The Bertz CT molecular complexity index is 447. The van der Waals surface area contributed by atoms with E-state index in [1.54, 1.807) is 19.1 Å². The number of benzene rings is 1. The van der Waals surface area contributed by atoms with E-state index in [-0.39, 0.29) is 23.6 Å². The van der Waals surface area contributed by atoms with Gasteiger partial charge < -0.3 is 11.1 Å². The van der Waals surface area contributed by atoms with Crippen LogP contribution in [-0.2, 0) is 4.79 Å². The predicted molar refractivity (Wildman–Crippen MR) is 69.7 cm³/mol. The highest BCUT2D eigenvalue weighted by Crippen LogP contribution is 2.31. The number of rotatable bonds is 3. The number of carbonyl (C=O) groups is 1. The van der Waals surface area contributed by atoms with Crippen LogP contribution in [0.1, 0.15) is 24.8 Å². The Morgan fingerprint density at radius 3 is 2.94 bits per heavy atom. The lowest BCUT2D eigenvalue weighted by Crippen LogP contribution is -2.29. The molecule has 0 bridgehead atoms. The second-order valence-corrected chi connectivity index (χ2v) is 4.99. The lowest BCUT2D eigenvalue weighted by molar-refractivity contribution is -0.120. The van der Waals surface area contributed by atoms with Crippen LogP contribution in [0.5, 0.6) is 0 Å². The third-order valence-corrected chi connectivity index (χ3v) is 3.72. The van der Waals surface area contributed by atoms with Crippen molar-refractivity contribution in [3.63, 3.8) is 0 Å². The fraction of sp³-hybridized carbons (Fsp3) is 0.500. The van der Waals surface area contributed by atoms with E-state index in [0.29, 0.717) is 17.8 Å². The molecule has 98 valence electrons. The summed E-state index contributed by atoms with van der Waals surface area (Å²) < 4.78 is 13.1. The van der Waals surface area contributed by atoms with Gasteiger partial charge in [0.2, 0.25) is 5.91 Å². The molecule has 0 radical (unpaired) electrons. The van der Waals surface area contributed by atoms with Gasteiger partial charge >= 0.3 is 0 Å². The molecule has 1 aromatic carbocycles. The maximum atomic E-state index is 13.1. The summed E-state index contributed by atoms with van der Waals surface area (Å²) in [5.74, 6) is 0.0366. The van der Waals surface area contributed by atoms with Crippen LogP contribution < -0.4 is 11.1 Å². The molecule has 1 fully saturated rings. The van der Waals surface area contributed by atoms with Gasteiger partial charge in [-0.25, -0.2) is 4.39 Å². The highest BCUT2D eigenvalue weighted by atomic mass is 19.1. The molecule has 1 amide bonds. The summed E-state index contributed by atoms with van der Waals surface area (Å²) in [6, 6.07) is 4.62. The first-order chi connectivity index (χ1) is 8.61. The van der Waals surface area contributed by atoms with Gasteiger partial charge in [0.25, 0.3) is 0 Å². The predicted octanol–water partition coefficient (Wildman–Crippen LogP) is 2.45. The smallest absolute Gasteiger partial charge is 0.227 e. The molecule has 1 aromatic rings.